The van der Waals surface area contributed by atoms with Crippen molar-refractivity contribution in [2.24, 2.45) is 7.05 Å². The monoisotopic (exact) mass is 229 g/mol. The fraction of sp³-hybridized carbons (Fsp3) is 0.375. The summed E-state index contributed by atoms with van der Waals surface area (Å²) in [5, 5.41) is 7.27. The standard InChI is InChI=1S/C8H12BrN3/c1-7(9)3-10-4-8-5-11-12(2)6-8/h5-6,10H,1,3-4H2,2H3. The van der Waals surface area contributed by atoms with Gasteiger partial charge in [0.15, 0.2) is 0 Å². The highest BCUT2D eigenvalue weighted by molar-refractivity contribution is 9.11. The highest BCUT2D eigenvalue weighted by Crippen LogP contribution is 1.99. The smallest absolute Gasteiger partial charge is 0.0534 e. The number of halogens is 1. The van der Waals surface area contributed by atoms with Gasteiger partial charge in [0, 0.05) is 36.4 Å². The van der Waals surface area contributed by atoms with Crippen LogP contribution in [0.5, 0.6) is 0 Å². The number of hydrogen-bond donors (Lipinski definition) is 1. The first-order valence-corrected chi connectivity index (χ1v) is 4.49. The lowest BCUT2D eigenvalue weighted by Gasteiger charge is -1.99. The van der Waals surface area contributed by atoms with E-state index in [1.165, 1.54) is 5.56 Å². The molecule has 12 heavy (non-hydrogen) atoms. The Labute approximate surface area is 80.6 Å². The summed E-state index contributed by atoms with van der Waals surface area (Å²) in [6.07, 6.45) is 3.84. The van der Waals surface area contributed by atoms with Crippen molar-refractivity contribution in [1.82, 2.24) is 15.1 Å². The first-order valence-electron chi connectivity index (χ1n) is 3.70. The van der Waals surface area contributed by atoms with Gasteiger partial charge in [-0.2, -0.15) is 5.10 Å². The van der Waals surface area contributed by atoms with Crippen LogP contribution in [0.25, 0.3) is 0 Å². The Bertz CT molecular complexity index is 267. The zero-order valence-electron chi connectivity index (χ0n) is 7.05. The third-order valence-electron chi connectivity index (χ3n) is 1.40. The molecule has 1 aromatic rings. The maximum absolute atomic E-state index is 4.06. The predicted octanol–water partition coefficient (Wildman–Crippen LogP) is 1.42. The van der Waals surface area contributed by atoms with Crippen LogP contribution in [0.3, 0.4) is 0 Å². The van der Waals surface area contributed by atoms with Crippen molar-refractivity contribution >= 4 is 15.9 Å². The number of nitrogens with zero attached hydrogens (tertiary/aromatic N) is 2. The van der Waals surface area contributed by atoms with Gasteiger partial charge in [-0.1, -0.05) is 22.5 Å². The van der Waals surface area contributed by atoms with Gasteiger partial charge in [0.2, 0.25) is 0 Å². The molecule has 0 radical (unpaired) electrons. The quantitative estimate of drug-likeness (QED) is 0.847. The van der Waals surface area contributed by atoms with E-state index in [1.807, 2.05) is 19.4 Å². The summed E-state index contributed by atoms with van der Waals surface area (Å²) in [6, 6.07) is 0. The first kappa shape index (κ1) is 9.48. The van der Waals surface area contributed by atoms with Gasteiger partial charge in [0.25, 0.3) is 0 Å². The molecule has 4 heteroatoms. The molecule has 0 aliphatic rings. The zero-order chi connectivity index (χ0) is 8.97. The van der Waals surface area contributed by atoms with Crippen LogP contribution < -0.4 is 5.32 Å². The van der Waals surface area contributed by atoms with Gasteiger partial charge < -0.3 is 5.32 Å². The van der Waals surface area contributed by atoms with E-state index in [9.17, 15) is 0 Å². The molecule has 0 aliphatic heterocycles. The van der Waals surface area contributed by atoms with Gasteiger partial charge >= 0.3 is 0 Å². The summed E-state index contributed by atoms with van der Waals surface area (Å²) in [7, 11) is 1.91. The molecule has 1 rings (SSSR count). The molecule has 0 unspecified atom stereocenters. The Morgan fingerprint density at radius 2 is 2.58 bits per heavy atom. The summed E-state index contributed by atoms with van der Waals surface area (Å²) < 4.78 is 2.76. The minimum atomic E-state index is 0.787. The molecule has 0 aromatic carbocycles. The SMILES string of the molecule is C=C(Br)CNCc1cnn(C)c1. The zero-order valence-corrected chi connectivity index (χ0v) is 8.63. The highest BCUT2D eigenvalue weighted by Gasteiger charge is 1.94. The van der Waals surface area contributed by atoms with Crippen LogP contribution in [0.1, 0.15) is 5.56 Å². The Hall–Kier alpha value is -0.610. The molecule has 0 spiro atoms. The van der Waals surface area contributed by atoms with Crippen LogP contribution in [0.15, 0.2) is 23.5 Å². The van der Waals surface area contributed by atoms with E-state index >= 15 is 0 Å². The molecule has 0 amide bonds. The van der Waals surface area contributed by atoms with Gasteiger partial charge in [-0.25, -0.2) is 0 Å². The summed E-state index contributed by atoms with van der Waals surface area (Å²) in [5.74, 6) is 0. The van der Waals surface area contributed by atoms with Crippen molar-refractivity contribution in [2.45, 2.75) is 6.54 Å². The Balaban J connectivity index is 2.29. The number of nitrogens with one attached hydrogen (secondary N) is 1. The van der Waals surface area contributed by atoms with Gasteiger partial charge in [-0.05, 0) is 0 Å². The second kappa shape index (κ2) is 4.42. The average Bonchev–Trinajstić information content (AvgIpc) is 2.35. The van der Waals surface area contributed by atoms with Crippen LogP contribution in [0.2, 0.25) is 0 Å². The third-order valence-corrected chi connectivity index (χ3v) is 1.68. The predicted molar refractivity (Wildman–Crippen MR) is 53.0 cm³/mol. The summed E-state index contributed by atoms with van der Waals surface area (Å²) in [6.45, 7) is 5.34. The lowest BCUT2D eigenvalue weighted by molar-refractivity contribution is 0.748. The molecule has 0 bridgehead atoms. The fourth-order valence-corrected chi connectivity index (χ4v) is 1.10. The normalized spacial score (nSPS) is 10.2. The van der Waals surface area contributed by atoms with E-state index < -0.39 is 0 Å². The van der Waals surface area contributed by atoms with Crippen molar-refractivity contribution in [1.29, 1.82) is 0 Å². The van der Waals surface area contributed by atoms with Crippen molar-refractivity contribution in [3.05, 3.63) is 29.0 Å². The van der Waals surface area contributed by atoms with Gasteiger partial charge in [-0.15, -0.1) is 0 Å². The molecule has 1 heterocycles. The number of aryl methyl sites for hydroxylation is 1. The van der Waals surface area contributed by atoms with E-state index in [2.05, 4.69) is 32.9 Å². The van der Waals surface area contributed by atoms with E-state index in [0.717, 1.165) is 17.6 Å². The lowest BCUT2D eigenvalue weighted by Crippen LogP contribution is -2.13. The van der Waals surface area contributed by atoms with Crippen LogP contribution in [0, 0.1) is 0 Å². The van der Waals surface area contributed by atoms with Gasteiger partial charge in [0.05, 0.1) is 6.20 Å². The highest BCUT2D eigenvalue weighted by atomic mass is 79.9. The fourth-order valence-electron chi connectivity index (χ4n) is 0.906. The molecule has 1 aromatic heterocycles. The minimum Gasteiger partial charge on any atom is -0.308 e. The van der Waals surface area contributed by atoms with Crippen LogP contribution in [-0.4, -0.2) is 16.3 Å². The summed E-state index contributed by atoms with van der Waals surface area (Å²) in [4.78, 5) is 0. The van der Waals surface area contributed by atoms with E-state index in [0.29, 0.717) is 0 Å². The molecular formula is C8H12BrN3. The van der Waals surface area contributed by atoms with Crippen LogP contribution in [0.4, 0.5) is 0 Å². The molecule has 0 atom stereocenters. The molecule has 3 nitrogen and oxygen atoms in total. The van der Waals surface area contributed by atoms with E-state index in [-0.39, 0.29) is 0 Å². The maximum atomic E-state index is 4.06. The van der Waals surface area contributed by atoms with E-state index in [1.54, 1.807) is 4.68 Å². The number of rotatable bonds is 4. The Kier molecular flexibility index (Phi) is 3.49. The summed E-state index contributed by atoms with van der Waals surface area (Å²) >= 11 is 3.28. The Morgan fingerprint density at radius 3 is 3.08 bits per heavy atom. The van der Waals surface area contributed by atoms with Crippen molar-refractivity contribution in [3.63, 3.8) is 0 Å². The summed E-state index contributed by atoms with van der Waals surface area (Å²) in [5.41, 5.74) is 1.19. The molecular weight excluding hydrogens is 218 g/mol. The molecule has 66 valence electrons. The first-order chi connectivity index (χ1) is 5.68. The number of aromatic nitrogens is 2. The van der Waals surface area contributed by atoms with Gasteiger partial charge in [-0.3, -0.25) is 4.68 Å². The third kappa shape index (κ3) is 3.19. The van der Waals surface area contributed by atoms with E-state index in [4.69, 9.17) is 0 Å². The van der Waals surface area contributed by atoms with Crippen LogP contribution in [-0.2, 0) is 13.6 Å². The van der Waals surface area contributed by atoms with Crippen molar-refractivity contribution in [3.8, 4) is 0 Å². The molecule has 0 aliphatic carbocycles. The maximum Gasteiger partial charge on any atom is 0.0534 e. The average molecular weight is 230 g/mol. The van der Waals surface area contributed by atoms with Gasteiger partial charge in [0.1, 0.15) is 0 Å². The second-order valence-electron chi connectivity index (χ2n) is 2.64. The molecule has 0 saturated carbocycles. The minimum absolute atomic E-state index is 0.787. The molecule has 0 fully saturated rings. The lowest BCUT2D eigenvalue weighted by atomic mass is 10.3. The van der Waals surface area contributed by atoms with Crippen molar-refractivity contribution < 1.29 is 0 Å². The largest absolute Gasteiger partial charge is 0.308 e. The van der Waals surface area contributed by atoms with Crippen LogP contribution >= 0.6 is 15.9 Å². The topological polar surface area (TPSA) is 29.9 Å². The molecule has 0 saturated heterocycles. The number of hydrogen-bond acceptors (Lipinski definition) is 2. The second-order valence-corrected chi connectivity index (χ2v) is 3.76. The molecule has 1 N–H and O–H groups in total. The Morgan fingerprint density at radius 1 is 1.83 bits per heavy atom. The van der Waals surface area contributed by atoms with Crippen molar-refractivity contribution in [2.75, 3.05) is 6.54 Å².